The molecule has 2 N–H and O–H groups in total. The van der Waals surface area contributed by atoms with Gasteiger partial charge >= 0.3 is 0 Å². The van der Waals surface area contributed by atoms with E-state index < -0.39 is 6.04 Å². The summed E-state index contributed by atoms with van der Waals surface area (Å²) in [7, 11) is 0. The maximum Gasteiger partial charge on any atom is 0.243 e. The molecule has 0 aromatic carbocycles. The highest BCUT2D eigenvalue weighted by Crippen LogP contribution is 2.25. The number of hydrogen-bond acceptors (Lipinski definition) is 4. The monoisotopic (exact) mass is 338 g/mol. The smallest absolute Gasteiger partial charge is 0.243 e. The number of carbonyl (C=O) groups excluding carboxylic acids is 1. The predicted octanol–water partition coefficient (Wildman–Crippen LogP) is 3.78. The van der Waals surface area contributed by atoms with Crippen LogP contribution in [0.3, 0.4) is 0 Å². The Kier molecular flexibility index (Phi) is 5.52. The maximum atomic E-state index is 12.6. The molecule has 0 unspecified atom stereocenters. The van der Waals surface area contributed by atoms with Crippen LogP contribution < -0.4 is 5.32 Å². The minimum absolute atomic E-state index is 0.0316. The third-order valence-electron chi connectivity index (χ3n) is 3.78. The molecule has 2 aromatic heterocycles. The van der Waals surface area contributed by atoms with E-state index in [1.807, 2.05) is 24.4 Å². The first-order valence-corrected chi connectivity index (χ1v) is 8.75. The van der Waals surface area contributed by atoms with E-state index in [4.69, 9.17) is 12.2 Å². The van der Waals surface area contributed by atoms with Crippen molar-refractivity contribution >= 4 is 29.5 Å². The van der Waals surface area contributed by atoms with Gasteiger partial charge in [-0.05, 0) is 42.9 Å². The summed E-state index contributed by atoms with van der Waals surface area (Å²) in [6.45, 7) is 8.15. The highest BCUT2D eigenvalue weighted by Gasteiger charge is 2.23. The molecule has 2 heterocycles. The second-order valence-electron chi connectivity index (χ2n) is 5.64. The molecule has 120 valence electrons. The van der Waals surface area contributed by atoms with Crippen LogP contribution in [0.15, 0.2) is 17.5 Å². The van der Waals surface area contributed by atoms with Gasteiger partial charge in [-0.1, -0.05) is 26.8 Å². The van der Waals surface area contributed by atoms with Crippen molar-refractivity contribution in [3.8, 4) is 10.7 Å². The number of nitrogens with zero attached hydrogens (tertiary/aromatic N) is 2. The van der Waals surface area contributed by atoms with E-state index in [1.54, 1.807) is 15.9 Å². The molecule has 0 saturated heterocycles. The summed E-state index contributed by atoms with van der Waals surface area (Å²) in [5, 5.41) is 12.2. The third-order valence-corrected chi connectivity index (χ3v) is 4.94. The lowest BCUT2D eigenvalue weighted by Crippen LogP contribution is -2.41. The van der Waals surface area contributed by atoms with Crippen LogP contribution in [0.25, 0.3) is 10.7 Å². The Labute approximate surface area is 139 Å². The summed E-state index contributed by atoms with van der Waals surface area (Å²) in [6, 6.07) is 3.69. The second-order valence-corrected chi connectivity index (χ2v) is 6.98. The highest BCUT2D eigenvalue weighted by molar-refractivity contribution is 7.71. The van der Waals surface area contributed by atoms with Crippen molar-refractivity contribution in [1.29, 1.82) is 0 Å². The summed E-state index contributed by atoms with van der Waals surface area (Å²) in [5.74, 6) is 1.08. The van der Waals surface area contributed by atoms with E-state index in [0.717, 1.165) is 11.3 Å². The zero-order valence-corrected chi connectivity index (χ0v) is 14.9. The van der Waals surface area contributed by atoms with Crippen molar-refractivity contribution in [2.45, 2.75) is 46.2 Å². The van der Waals surface area contributed by atoms with Crippen LogP contribution in [0.2, 0.25) is 0 Å². The minimum atomic E-state index is -0.406. The molecule has 7 heteroatoms. The van der Waals surface area contributed by atoms with Gasteiger partial charge in [0.05, 0.1) is 4.88 Å². The summed E-state index contributed by atoms with van der Waals surface area (Å²) in [6.07, 6.45) is 0.907. The summed E-state index contributed by atoms with van der Waals surface area (Å²) in [5.41, 5.74) is 0. The van der Waals surface area contributed by atoms with Crippen LogP contribution in [-0.4, -0.2) is 26.7 Å². The molecule has 0 fully saturated rings. The number of carbonyl (C=O) groups is 1. The fraction of sp³-hybridized carbons (Fsp3) is 0.533. The van der Waals surface area contributed by atoms with Crippen LogP contribution in [-0.2, 0) is 4.79 Å². The van der Waals surface area contributed by atoms with Crippen LogP contribution in [0.5, 0.6) is 0 Å². The normalized spacial score (nSPS) is 14.0. The average molecular weight is 339 g/mol. The van der Waals surface area contributed by atoms with Gasteiger partial charge in [-0.15, -0.1) is 11.3 Å². The number of aromatic amines is 1. The Morgan fingerprint density at radius 2 is 2.23 bits per heavy atom. The molecule has 2 aromatic rings. The van der Waals surface area contributed by atoms with Crippen molar-refractivity contribution in [2.75, 3.05) is 0 Å². The number of amides is 1. The van der Waals surface area contributed by atoms with Crippen molar-refractivity contribution in [3.63, 3.8) is 0 Å². The van der Waals surface area contributed by atoms with Gasteiger partial charge in [0, 0.05) is 6.04 Å². The van der Waals surface area contributed by atoms with E-state index in [1.165, 1.54) is 0 Å². The Bertz CT molecular complexity index is 672. The first-order valence-electron chi connectivity index (χ1n) is 7.46. The van der Waals surface area contributed by atoms with Gasteiger partial charge in [-0.3, -0.25) is 14.5 Å². The number of aromatic nitrogens is 3. The molecule has 2 rings (SSSR count). The molecule has 0 spiro atoms. The lowest BCUT2D eigenvalue weighted by Gasteiger charge is -2.23. The predicted molar refractivity (Wildman–Crippen MR) is 92.5 cm³/mol. The van der Waals surface area contributed by atoms with E-state index in [2.05, 4.69) is 36.3 Å². The first kappa shape index (κ1) is 16.9. The molecule has 0 radical (unpaired) electrons. The van der Waals surface area contributed by atoms with Crippen molar-refractivity contribution in [1.82, 2.24) is 20.1 Å². The largest absolute Gasteiger partial charge is 0.351 e. The van der Waals surface area contributed by atoms with Crippen LogP contribution >= 0.6 is 23.6 Å². The van der Waals surface area contributed by atoms with Gasteiger partial charge in [0.25, 0.3) is 0 Å². The molecule has 2 atom stereocenters. The van der Waals surface area contributed by atoms with Crippen LogP contribution in [0, 0.1) is 10.7 Å². The van der Waals surface area contributed by atoms with Crippen molar-refractivity contribution < 1.29 is 4.79 Å². The Morgan fingerprint density at radius 1 is 1.50 bits per heavy atom. The highest BCUT2D eigenvalue weighted by atomic mass is 32.1. The SMILES string of the molecule is CC[C@H](NC(=O)[C@H](C)n1c(-c2cccs2)n[nH]c1=S)C(C)C. The molecule has 1 amide bonds. The van der Waals surface area contributed by atoms with Crippen molar-refractivity contribution in [3.05, 3.63) is 22.3 Å². The summed E-state index contributed by atoms with van der Waals surface area (Å²) < 4.78 is 2.24. The van der Waals surface area contributed by atoms with E-state index in [9.17, 15) is 4.79 Å². The van der Waals surface area contributed by atoms with Gasteiger partial charge in [0.1, 0.15) is 6.04 Å². The topological polar surface area (TPSA) is 62.7 Å². The van der Waals surface area contributed by atoms with Crippen LogP contribution in [0.1, 0.15) is 40.2 Å². The fourth-order valence-electron chi connectivity index (χ4n) is 2.40. The molecular weight excluding hydrogens is 316 g/mol. The van der Waals surface area contributed by atoms with Gasteiger partial charge in [-0.25, -0.2) is 0 Å². The molecule has 0 aliphatic rings. The molecule has 22 heavy (non-hydrogen) atoms. The zero-order chi connectivity index (χ0) is 16.3. The number of nitrogens with one attached hydrogen (secondary N) is 2. The third kappa shape index (κ3) is 3.47. The van der Waals surface area contributed by atoms with Gasteiger partial charge in [-0.2, -0.15) is 5.10 Å². The van der Waals surface area contributed by atoms with Crippen molar-refractivity contribution in [2.24, 2.45) is 5.92 Å². The Hall–Kier alpha value is -1.47. The quantitative estimate of drug-likeness (QED) is 0.788. The number of rotatable bonds is 6. The van der Waals surface area contributed by atoms with E-state index >= 15 is 0 Å². The molecular formula is C15H22N4OS2. The Morgan fingerprint density at radius 3 is 2.77 bits per heavy atom. The maximum absolute atomic E-state index is 12.6. The standard InChI is InChI=1S/C15H22N4OS2/c1-5-11(9(2)3)16-14(20)10(4)19-13(17-18-15(19)21)12-7-6-8-22-12/h6-11H,5H2,1-4H3,(H,16,20)(H,18,21)/t10-,11-/m0/s1. The summed E-state index contributed by atoms with van der Waals surface area (Å²) in [4.78, 5) is 13.6. The van der Waals surface area contributed by atoms with Gasteiger partial charge in [0.2, 0.25) is 5.91 Å². The molecule has 0 aliphatic heterocycles. The number of thiophene rings is 1. The van der Waals surface area contributed by atoms with E-state index in [0.29, 0.717) is 16.5 Å². The minimum Gasteiger partial charge on any atom is -0.351 e. The second kappa shape index (κ2) is 7.19. The lowest BCUT2D eigenvalue weighted by molar-refractivity contribution is -0.124. The summed E-state index contributed by atoms with van der Waals surface area (Å²) >= 11 is 6.88. The fourth-order valence-corrected chi connectivity index (χ4v) is 3.40. The zero-order valence-electron chi connectivity index (χ0n) is 13.3. The number of H-pyrrole nitrogens is 1. The molecule has 5 nitrogen and oxygen atoms in total. The average Bonchev–Trinajstić information content (AvgIpc) is 3.12. The van der Waals surface area contributed by atoms with E-state index in [-0.39, 0.29) is 11.9 Å². The Balaban J connectivity index is 2.26. The van der Waals surface area contributed by atoms with Gasteiger partial charge in [0.15, 0.2) is 10.6 Å². The first-order chi connectivity index (χ1) is 10.5. The molecule has 0 bridgehead atoms. The number of hydrogen-bond donors (Lipinski definition) is 2. The molecule has 0 aliphatic carbocycles. The van der Waals surface area contributed by atoms with Crippen LogP contribution in [0.4, 0.5) is 0 Å². The lowest BCUT2D eigenvalue weighted by atomic mass is 10.0. The van der Waals surface area contributed by atoms with Gasteiger partial charge < -0.3 is 5.32 Å². The molecule has 0 saturated carbocycles.